The first kappa shape index (κ1) is 13.0. The van der Waals surface area contributed by atoms with Crippen LogP contribution in [0.2, 0.25) is 0 Å². The van der Waals surface area contributed by atoms with Gasteiger partial charge in [-0.1, -0.05) is 26.3 Å². The van der Waals surface area contributed by atoms with Crippen LogP contribution >= 0.6 is 11.3 Å². The summed E-state index contributed by atoms with van der Waals surface area (Å²) in [6.07, 6.45) is 5.36. The summed E-state index contributed by atoms with van der Waals surface area (Å²) in [5.74, 6) is 1.64. The average molecular weight is 261 g/mol. The predicted octanol–water partition coefficient (Wildman–Crippen LogP) is 4.24. The van der Waals surface area contributed by atoms with Crippen molar-refractivity contribution >= 4 is 33.4 Å². The second kappa shape index (κ2) is 5.96. The first-order chi connectivity index (χ1) is 8.76. The van der Waals surface area contributed by atoms with Crippen molar-refractivity contribution < 1.29 is 0 Å². The summed E-state index contributed by atoms with van der Waals surface area (Å²) < 4.78 is 1.15. The molecule has 0 atom stereocenters. The van der Waals surface area contributed by atoms with Crippen molar-refractivity contribution in [2.24, 2.45) is 0 Å². The van der Waals surface area contributed by atoms with Crippen molar-refractivity contribution in [3.8, 4) is 0 Å². The normalized spacial score (nSPS) is 10.8. The fraction of sp³-hybridized carbons (Fsp3) is 0.429. The number of nitrogens with one attached hydrogen (secondary N) is 1. The Kier molecular flexibility index (Phi) is 4.31. The van der Waals surface area contributed by atoms with Crippen molar-refractivity contribution in [1.29, 1.82) is 0 Å². The minimum absolute atomic E-state index is 0.696. The zero-order valence-corrected chi connectivity index (χ0v) is 11.8. The quantitative estimate of drug-likeness (QED) is 0.790. The highest BCUT2D eigenvalue weighted by molar-refractivity contribution is 7.18. The summed E-state index contributed by atoms with van der Waals surface area (Å²) in [4.78, 5) is 9.00. The molecule has 0 saturated heterocycles. The summed E-state index contributed by atoms with van der Waals surface area (Å²) in [5, 5.41) is 5.55. The number of rotatable bonds is 6. The molecule has 2 rings (SSSR count). The number of thiophene rings is 1. The van der Waals surface area contributed by atoms with Gasteiger partial charge in [-0.3, -0.25) is 0 Å². The molecule has 96 valence electrons. The van der Waals surface area contributed by atoms with Crippen LogP contribution in [-0.4, -0.2) is 16.5 Å². The molecule has 2 heterocycles. The molecule has 0 spiro atoms. The van der Waals surface area contributed by atoms with Crippen molar-refractivity contribution in [2.75, 3.05) is 11.9 Å². The molecule has 0 aliphatic heterocycles. The van der Waals surface area contributed by atoms with E-state index in [4.69, 9.17) is 0 Å². The molecule has 0 fully saturated rings. The lowest BCUT2D eigenvalue weighted by molar-refractivity contribution is 0.742. The van der Waals surface area contributed by atoms with Crippen LogP contribution in [0.1, 0.15) is 37.6 Å². The lowest BCUT2D eigenvalue weighted by atomic mass is 10.2. The maximum absolute atomic E-state index is 4.50. The maximum atomic E-state index is 4.50. The topological polar surface area (TPSA) is 37.8 Å². The highest BCUT2D eigenvalue weighted by Crippen LogP contribution is 2.29. The van der Waals surface area contributed by atoms with Gasteiger partial charge in [-0.2, -0.15) is 0 Å². The van der Waals surface area contributed by atoms with Gasteiger partial charge in [0.25, 0.3) is 0 Å². The largest absolute Gasteiger partial charge is 0.369 e. The number of nitrogens with zero attached hydrogens (tertiary/aromatic N) is 2. The van der Waals surface area contributed by atoms with E-state index in [1.165, 1.54) is 24.8 Å². The predicted molar refractivity (Wildman–Crippen MR) is 80.3 cm³/mol. The third kappa shape index (κ3) is 2.70. The van der Waals surface area contributed by atoms with Crippen LogP contribution in [0, 0.1) is 6.92 Å². The number of anilines is 1. The first-order valence-electron chi connectivity index (χ1n) is 6.38. The van der Waals surface area contributed by atoms with Gasteiger partial charge < -0.3 is 5.32 Å². The molecule has 0 unspecified atom stereocenters. The van der Waals surface area contributed by atoms with Crippen molar-refractivity contribution in [2.45, 2.75) is 33.1 Å². The zero-order chi connectivity index (χ0) is 13.0. The summed E-state index contributed by atoms with van der Waals surface area (Å²) in [6.45, 7) is 9.01. The molecule has 0 amide bonds. The first-order valence-corrected chi connectivity index (χ1v) is 7.26. The van der Waals surface area contributed by atoms with Gasteiger partial charge in [-0.15, -0.1) is 11.3 Å². The Balaban J connectivity index is 2.27. The molecule has 0 radical (unpaired) electrons. The average Bonchev–Trinajstić information content (AvgIpc) is 2.76. The highest BCUT2D eigenvalue weighted by Gasteiger charge is 2.09. The Bertz CT molecular complexity index is 545. The smallest absolute Gasteiger partial charge is 0.154 e. The minimum Gasteiger partial charge on any atom is -0.369 e. The molecule has 0 aliphatic carbocycles. The summed E-state index contributed by atoms with van der Waals surface area (Å²) in [7, 11) is 0. The van der Waals surface area contributed by atoms with Gasteiger partial charge in [0.05, 0.1) is 10.2 Å². The van der Waals surface area contributed by atoms with Gasteiger partial charge in [0.2, 0.25) is 0 Å². The molecule has 0 aromatic carbocycles. The number of hydrogen-bond donors (Lipinski definition) is 1. The van der Waals surface area contributed by atoms with Gasteiger partial charge in [-0.25, -0.2) is 9.97 Å². The summed E-state index contributed by atoms with van der Waals surface area (Å²) in [5.41, 5.74) is 2.25. The molecule has 3 nitrogen and oxygen atoms in total. The third-order valence-electron chi connectivity index (χ3n) is 2.87. The number of fused-ring (bicyclic) bond motifs is 1. The molecule has 0 aliphatic rings. The van der Waals surface area contributed by atoms with Crippen LogP contribution < -0.4 is 5.32 Å². The monoisotopic (exact) mass is 261 g/mol. The Morgan fingerprint density at radius 1 is 1.39 bits per heavy atom. The van der Waals surface area contributed by atoms with E-state index in [0.29, 0.717) is 5.82 Å². The fourth-order valence-corrected chi connectivity index (χ4v) is 2.80. The van der Waals surface area contributed by atoms with Crippen LogP contribution in [0.15, 0.2) is 12.0 Å². The van der Waals surface area contributed by atoms with E-state index in [1.54, 1.807) is 17.4 Å². The SMILES string of the molecule is C=Cc1nc(NCCCCC)c2scc(C)c2n1. The Hall–Kier alpha value is -1.42. The van der Waals surface area contributed by atoms with Crippen molar-refractivity contribution in [3.05, 3.63) is 23.3 Å². The van der Waals surface area contributed by atoms with Crippen LogP contribution in [0.5, 0.6) is 0 Å². The van der Waals surface area contributed by atoms with Crippen molar-refractivity contribution in [3.63, 3.8) is 0 Å². The zero-order valence-electron chi connectivity index (χ0n) is 11.0. The van der Waals surface area contributed by atoms with Gasteiger partial charge in [0.1, 0.15) is 5.82 Å². The van der Waals surface area contributed by atoms with E-state index < -0.39 is 0 Å². The number of aryl methyl sites for hydroxylation is 1. The third-order valence-corrected chi connectivity index (χ3v) is 3.96. The van der Waals surface area contributed by atoms with Crippen molar-refractivity contribution in [1.82, 2.24) is 9.97 Å². The van der Waals surface area contributed by atoms with E-state index in [9.17, 15) is 0 Å². The molecule has 1 N–H and O–H groups in total. The van der Waals surface area contributed by atoms with Crippen LogP contribution in [0.4, 0.5) is 5.82 Å². The number of aromatic nitrogens is 2. The summed E-state index contributed by atoms with van der Waals surface area (Å²) >= 11 is 1.70. The van der Waals surface area contributed by atoms with E-state index in [1.807, 2.05) is 0 Å². The fourth-order valence-electron chi connectivity index (χ4n) is 1.84. The molecule has 0 saturated carbocycles. The second-order valence-electron chi connectivity index (χ2n) is 4.36. The summed E-state index contributed by atoms with van der Waals surface area (Å²) in [6, 6.07) is 0. The Morgan fingerprint density at radius 2 is 2.22 bits per heavy atom. The van der Waals surface area contributed by atoms with Gasteiger partial charge in [0, 0.05) is 6.54 Å². The van der Waals surface area contributed by atoms with Gasteiger partial charge in [-0.05, 0) is 30.4 Å². The lowest BCUT2D eigenvalue weighted by Gasteiger charge is -2.07. The van der Waals surface area contributed by atoms with E-state index in [2.05, 4.69) is 41.1 Å². The Labute approximate surface area is 112 Å². The molecular weight excluding hydrogens is 242 g/mol. The lowest BCUT2D eigenvalue weighted by Crippen LogP contribution is -2.05. The molecule has 2 aromatic rings. The molecule has 18 heavy (non-hydrogen) atoms. The molecule has 2 aromatic heterocycles. The molecule has 0 bridgehead atoms. The van der Waals surface area contributed by atoms with Crippen LogP contribution in [0.3, 0.4) is 0 Å². The number of unbranched alkanes of at least 4 members (excludes halogenated alkanes) is 2. The van der Waals surface area contributed by atoms with E-state index in [-0.39, 0.29) is 0 Å². The standard InChI is InChI=1S/C14H19N3S/c1-4-6-7-8-15-14-13-12(10(3)9-18-13)16-11(5-2)17-14/h5,9H,2,4,6-8H2,1,3H3,(H,15,16,17). The van der Waals surface area contributed by atoms with Gasteiger partial charge in [0.15, 0.2) is 5.82 Å². The Morgan fingerprint density at radius 3 is 2.94 bits per heavy atom. The minimum atomic E-state index is 0.696. The second-order valence-corrected chi connectivity index (χ2v) is 5.24. The molecule has 4 heteroatoms. The maximum Gasteiger partial charge on any atom is 0.154 e. The van der Waals surface area contributed by atoms with Gasteiger partial charge >= 0.3 is 0 Å². The molecular formula is C14H19N3S. The van der Waals surface area contributed by atoms with Crippen LogP contribution in [0.25, 0.3) is 16.3 Å². The van der Waals surface area contributed by atoms with Crippen LogP contribution in [-0.2, 0) is 0 Å². The highest BCUT2D eigenvalue weighted by atomic mass is 32.1. The van der Waals surface area contributed by atoms with E-state index >= 15 is 0 Å². The van der Waals surface area contributed by atoms with E-state index in [0.717, 1.165) is 22.6 Å². The number of hydrogen-bond acceptors (Lipinski definition) is 4.